The minimum absolute atomic E-state index is 0.00729. The lowest BCUT2D eigenvalue weighted by atomic mass is 9.82. The van der Waals surface area contributed by atoms with E-state index >= 15 is 0 Å². The van der Waals surface area contributed by atoms with E-state index in [1.807, 2.05) is 6.92 Å². The van der Waals surface area contributed by atoms with E-state index in [0.717, 1.165) is 24.5 Å². The van der Waals surface area contributed by atoms with Crippen LogP contribution in [0.4, 0.5) is 17.6 Å². The molecule has 2 heterocycles. The van der Waals surface area contributed by atoms with Crippen molar-refractivity contribution < 1.29 is 40.1 Å². The molecule has 236 valence electrons. The van der Waals surface area contributed by atoms with Gasteiger partial charge in [0.05, 0.1) is 11.4 Å². The molecule has 0 radical (unpaired) electrons. The van der Waals surface area contributed by atoms with Gasteiger partial charge >= 0.3 is 0 Å². The molecule has 2 bridgehead atoms. The number of nitrogens with one attached hydrogen (secondary N) is 1. The Balaban J connectivity index is 0.000000339. The van der Waals surface area contributed by atoms with Crippen LogP contribution in [0.25, 0.3) is 0 Å². The van der Waals surface area contributed by atoms with Crippen molar-refractivity contribution in [1.29, 1.82) is 0 Å². The van der Waals surface area contributed by atoms with Crippen molar-refractivity contribution >= 4 is 21.9 Å². The number of carbonyl (C=O) groups is 2. The molecule has 2 aliphatic rings. The van der Waals surface area contributed by atoms with Crippen LogP contribution < -0.4 is 11.1 Å². The molecule has 3 aromatic carbocycles. The van der Waals surface area contributed by atoms with Gasteiger partial charge in [-0.3, -0.25) is 14.1 Å². The van der Waals surface area contributed by atoms with Crippen molar-refractivity contribution in [1.82, 2.24) is 10.2 Å². The van der Waals surface area contributed by atoms with Gasteiger partial charge in [0, 0.05) is 29.8 Å². The summed E-state index contributed by atoms with van der Waals surface area (Å²) in [6, 6.07) is 11.9. The van der Waals surface area contributed by atoms with Crippen LogP contribution in [-0.4, -0.2) is 54.4 Å². The van der Waals surface area contributed by atoms with Crippen molar-refractivity contribution in [3.8, 4) is 0 Å². The average Bonchev–Trinajstić information content (AvgIpc) is 3.23. The van der Waals surface area contributed by atoms with Crippen LogP contribution in [0.1, 0.15) is 47.2 Å². The molecule has 2 fully saturated rings. The third-order valence-corrected chi connectivity index (χ3v) is 8.90. The Labute approximate surface area is 253 Å². The molecular formula is C31H33F4N3O5S. The summed E-state index contributed by atoms with van der Waals surface area (Å²) >= 11 is 0. The summed E-state index contributed by atoms with van der Waals surface area (Å²) in [6.45, 7) is 1.67. The highest BCUT2D eigenvalue weighted by molar-refractivity contribution is 7.85. The standard InChI is InChI=1S/C24H25F4N3O2.C7H8O3S/c25-16-3-1-13(2-4-16)24(33)30-12-23(32)31-17-5-6-18(31)8-15(7-17)22(29)10-14-9-20(27)21(28)11-19(14)26;1-6-2-4-7(5-3-6)11(8,9)10/h1-4,9,11,15,17-18,22H,5-8,10,12,29H2,(H,30,33);2-5H,1H3,(H,8,9,10)/t15-,17-,18+,22-;/m1./s1. The number of aryl methyl sites for hydroxylation is 1. The molecule has 2 saturated heterocycles. The Morgan fingerprint density at radius 2 is 1.50 bits per heavy atom. The number of amides is 2. The maximum atomic E-state index is 14.0. The lowest BCUT2D eigenvalue weighted by Crippen LogP contribution is -2.52. The van der Waals surface area contributed by atoms with Gasteiger partial charge in [-0.25, -0.2) is 17.6 Å². The van der Waals surface area contributed by atoms with E-state index in [-0.39, 0.29) is 52.9 Å². The number of rotatable bonds is 7. The Morgan fingerprint density at radius 1 is 0.932 bits per heavy atom. The van der Waals surface area contributed by atoms with Crippen LogP contribution in [0.2, 0.25) is 0 Å². The maximum absolute atomic E-state index is 14.0. The Morgan fingerprint density at radius 3 is 2.07 bits per heavy atom. The summed E-state index contributed by atoms with van der Waals surface area (Å²) in [5, 5.41) is 2.58. The largest absolute Gasteiger partial charge is 0.343 e. The number of nitrogens with zero attached hydrogens (tertiary/aromatic N) is 1. The van der Waals surface area contributed by atoms with Crippen LogP contribution in [0.3, 0.4) is 0 Å². The van der Waals surface area contributed by atoms with Crippen LogP contribution in [0.15, 0.2) is 65.6 Å². The summed E-state index contributed by atoms with van der Waals surface area (Å²) in [4.78, 5) is 26.8. The Hall–Kier alpha value is -3.81. The molecule has 0 aromatic heterocycles. The quantitative estimate of drug-likeness (QED) is 0.199. The van der Waals surface area contributed by atoms with Crippen molar-refractivity contribution in [3.63, 3.8) is 0 Å². The van der Waals surface area contributed by atoms with E-state index in [9.17, 15) is 35.6 Å². The van der Waals surface area contributed by atoms with Gasteiger partial charge in [0.1, 0.15) is 11.6 Å². The summed E-state index contributed by atoms with van der Waals surface area (Å²) in [5.74, 6) is -4.27. The second kappa shape index (κ2) is 13.9. The van der Waals surface area contributed by atoms with Crippen LogP contribution >= 0.6 is 0 Å². The summed E-state index contributed by atoms with van der Waals surface area (Å²) in [7, 11) is -4.02. The number of piperidine rings is 1. The van der Waals surface area contributed by atoms with Gasteiger partial charge in [0.2, 0.25) is 5.91 Å². The second-order valence-corrected chi connectivity index (χ2v) is 12.5. The molecule has 0 spiro atoms. The van der Waals surface area contributed by atoms with Crippen LogP contribution in [-0.2, 0) is 21.3 Å². The fraction of sp³-hybridized carbons (Fsp3) is 0.355. The molecule has 8 nitrogen and oxygen atoms in total. The SMILES string of the molecule is Cc1ccc(S(=O)(=O)O)cc1.N[C@H](Cc1cc(F)c(F)cc1F)[C@@H]1C[C@H]2CC[C@@H](C1)N2C(=O)CNC(=O)c1ccc(F)cc1. The summed E-state index contributed by atoms with van der Waals surface area (Å²) < 4.78 is 83.3. The highest BCUT2D eigenvalue weighted by atomic mass is 32.2. The fourth-order valence-electron chi connectivity index (χ4n) is 5.78. The van der Waals surface area contributed by atoms with Crippen molar-refractivity contribution in [2.24, 2.45) is 11.7 Å². The van der Waals surface area contributed by atoms with Crippen molar-refractivity contribution in [2.45, 2.75) is 62.0 Å². The topological polar surface area (TPSA) is 130 Å². The fourth-order valence-corrected chi connectivity index (χ4v) is 6.26. The molecule has 13 heteroatoms. The monoisotopic (exact) mass is 635 g/mol. The molecule has 5 rings (SSSR count). The molecule has 0 aliphatic carbocycles. The van der Waals surface area contributed by atoms with Crippen LogP contribution in [0.5, 0.6) is 0 Å². The van der Waals surface area contributed by atoms with Gasteiger partial charge in [-0.15, -0.1) is 0 Å². The van der Waals surface area contributed by atoms with Crippen LogP contribution in [0, 0.1) is 36.1 Å². The van der Waals surface area contributed by atoms with E-state index in [1.54, 1.807) is 17.0 Å². The third kappa shape index (κ3) is 8.21. The number of benzene rings is 3. The zero-order valence-corrected chi connectivity index (χ0v) is 24.7. The normalized spacial score (nSPS) is 20.0. The molecule has 4 atom stereocenters. The first-order chi connectivity index (χ1) is 20.7. The number of halogens is 4. The van der Waals surface area contributed by atoms with E-state index < -0.39 is 45.3 Å². The van der Waals surface area contributed by atoms with Crippen molar-refractivity contribution in [2.75, 3.05) is 6.54 Å². The predicted molar refractivity (Wildman–Crippen MR) is 154 cm³/mol. The molecular weight excluding hydrogens is 602 g/mol. The highest BCUT2D eigenvalue weighted by Gasteiger charge is 2.44. The number of carbonyl (C=O) groups excluding carboxylic acids is 2. The van der Waals surface area contributed by atoms with Gasteiger partial charge in [0.25, 0.3) is 16.0 Å². The number of hydrogen-bond donors (Lipinski definition) is 3. The maximum Gasteiger partial charge on any atom is 0.294 e. The van der Waals surface area contributed by atoms with Gasteiger partial charge in [-0.1, -0.05) is 17.7 Å². The Bertz CT molecular complexity index is 1590. The number of hydrogen-bond acceptors (Lipinski definition) is 5. The molecule has 4 N–H and O–H groups in total. The molecule has 3 aromatic rings. The first kappa shape index (κ1) is 33.1. The van der Waals surface area contributed by atoms with E-state index in [4.69, 9.17) is 10.3 Å². The van der Waals surface area contributed by atoms with Gasteiger partial charge < -0.3 is 16.0 Å². The molecule has 0 unspecified atom stereocenters. The van der Waals surface area contributed by atoms with Gasteiger partial charge in [-0.05, 0) is 93.0 Å². The second-order valence-electron chi connectivity index (χ2n) is 11.1. The van der Waals surface area contributed by atoms with E-state index in [1.165, 1.54) is 36.4 Å². The first-order valence-corrected chi connectivity index (χ1v) is 15.4. The zero-order valence-electron chi connectivity index (χ0n) is 23.9. The van der Waals surface area contributed by atoms with Crippen molar-refractivity contribution in [3.05, 3.63) is 101 Å². The smallest absolute Gasteiger partial charge is 0.294 e. The minimum atomic E-state index is -4.02. The Kier molecular flexibility index (Phi) is 10.4. The lowest BCUT2D eigenvalue weighted by Gasteiger charge is -2.41. The van der Waals surface area contributed by atoms with E-state index in [2.05, 4.69) is 5.32 Å². The van der Waals surface area contributed by atoms with Gasteiger partial charge in [-0.2, -0.15) is 8.42 Å². The molecule has 2 amide bonds. The summed E-state index contributed by atoms with van der Waals surface area (Å²) in [5.41, 5.74) is 7.57. The predicted octanol–water partition coefficient (Wildman–Crippen LogP) is 4.55. The highest BCUT2D eigenvalue weighted by Crippen LogP contribution is 2.40. The average molecular weight is 636 g/mol. The van der Waals surface area contributed by atoms with Gasteiger partial charge in [0.15, 0.2) is 11.6 Å². The third-order valence-electron chi connectivity index (χ3n) is 8.03. The number of fused-ring (bicyclic) bond motifs is 2. The first-order valence-electron chi connectivity index (χ1n) is 14.0. The minimum Gasteiger partial charge on any atom is -0.343 e. The zero-order chi connectivity index (χ0) is 32.2. The summed E-state index contributed by atoms with van der Waals surface area (Å²) in [6.07, 6.45) is 2.95. The molecule has 0 saturated carbocycles. The lowest BCUT2D eigenvalue weighted by molar-refractivity contribution is -0.135. The molecule has 44 heavy (non-hydrogen) atoms. The number of nitrogens with two attached hydrogens (primary N) is 1. The van der Waals surface area contributed by atoms with E-state index in [0.29, 0.717) is 18.9 Å². The molecule has 2 aliphatic heterocycles.